The summed E-state index contributed by atoms with van der Waals surface area (Å²) in [6.07, 6.45) is 0.625. The molecule has 0 unspecified atom stereocenters. The molecule has 7 heteroatoms. The first-order chi connectivity index (χ1) is 14.7. The zero-order chi connectivity index (χ0) is 20.9. The second-order valence-electron chi connectivity index (χ2n) is 7.19. The van der Waals surface area contributed by atoms with E-state index in [0.29, 0.717) is 44.0 Å². The van der Waals surface area contributed by atoms with Gasteiger partial charge >= 0.3 is 0 Å². The summed E-state index contributed by atoms with van der Waals surface area (Å²) in [5.41, 5.74) is 5.04. The van der Waals surface area contributed by atoms with Gasteiger partial charge in [0, 0.05) is 36.2 Å². The second-order valence-corrected chi connectivity index (χ2v) is 7.19. The molecule has 1 aliphatic heterocycles. The highest BCUT2D eigenvalue weighted by Gasteiger charge is 2.19. The maximum Gasteiger partial charge on any atom is 0.254 e. The van der Waals surface area contributed by atoms with Gasteiger partial charge in [-0.05, 0) is 29.8 Å². The van der Waals surface area contributed by atoms with E-state index in [1.54, 1.807) is 7.11 Å². The van der Waals surface area contributed by atoms with Crippen molar-refractivity contribution in [1.29, 1.82) is 0 Å². The molecule has 2 aromatic carbocycles. The van der Waals surface area contributed by atoms with Crippen molar-refractivity contribution in [3.8, 4) is 17.0 Å². The van der Waals surface area contributed by atoms with Crippen LogP contribution in [0.5, 0.6) is 5.75 Å². The van der Waals surface area contributed by atoms with Crippen molar-refractivity contribution in [2.75, 3.05) is 33.4 Å². The number of aromatic nitrogens is 2. The Hall–Kier alpha value is -3.16. The lowest BCUT2D eigenvalue weighted by molar-refractivity contribution is 0.0303. The van der Waals surface area contributed by atoms with Gasteiger partial charge in [0.25, 0.3) is 5.91 Å². The van der Waals surface area contributed by atoms with Crippen LogP contribution < -0.4 is 4.74 Å². The standard InChI is InChI=1S/C23H25N3O4/c1-29-19-8-2-16(3-9-19)14-20-21(15-27)24-25-22(20)17-4-6-18(7-5-17)23(28)26-10-12-30-13-11-26/h2-9,27H,10-15H2,1H3,(H,24,25). The van der Waals surface area contributed by atoms with Crippen molar-refractivity contribution in [3.05, 3.63) is 70.9 Å². The molecule has 2 N–H and O–H groups in total. The number of nitrogens with one attached hydrogen (secondary N) is 1. The molecule has 0 bridgehead atoms. The largest absolute Gasteiger partial charge is 0.497 e. The van der Waals surface area contributed by atoms with Crippen LogP contribution in [0, 0.1) is 0 Å². The van der Waals surface area contributed by atoms with Crippen LogP contribution in [-0.2, 0) is 17.8 Å². The molecule has 3 aromatic rings. The predicted molar refractivity (Wildman–Crippen MR) is 112 cm³/mol. The van der Waals surface area contributed by atoms with Crippen LogP contribution in [-0.4, -0.2) is 59.5 Å². The predicted octanol–water partition coefficient (Wildman–Crippen LogP) is 2.64. The third-order valence-electron chi connectivity index (χ3n) is 5.35. The lowest BCUT2D eigenvalue weighted by atomic mass is 9.98. The normalized spacial score (nSPS) is 14.0. The van der Waals surface area contributed by atoms with E-state index in [0.717, 1.165) is 28.1 Å². The lowest BCUT2D eigenvalue weighted by Gasteiger charge is -2.26. The Morgan fingerprint density at radius 2 is 1.83 bits per heavy atom. The maximum absolute atomic E-state index is 12.7. The molecule has 0 radical (unpaired) electrons. The van der Waals surface area contributed by atoms with E-state index in [1.807, 2.05) is 53.4 Å². The fourth-order valence-electron chi connectivity index (χ4n) is 3.63. The van der Waals surface area contributed by atoms with Crippen LogP contribution in [0.25, 0.3) is 11.3 Å². The van der Waals surface area contributed by atoms with Crippen molar-refractivity contribution in [2.45, 2.75) is 13.0 Å². The summed E-state index contributed by atoms with van der Waals surface area (Å²) in [5.74, 6) is 0.815. The Morgan fingerprint density at radius 3 is 2.47 bits per heavy atom. The van der Waals surface area contributed by atoms with Gasteiger partial charge in [0.1, 0.15) is 5.75 Å². The average molecular weight is 407 g/mol. The molecule has 1 aromatic heterocycles. The molecule has 1 fully saturated rings. The van der Waals surface area contributed by atoms with Gasteiger partial charge in [-0.15, -0.1) is 0 Å². The van der Waals surface area contributed by atoms with Crippen LogP contribution in [0.15, 0.2) is 48.5 Å². The van der Waals surface area contributed by atoms with Crippen molar-refractivity contribution < 1.29 is 19.4 Å². The third-order valence-corrected chi connectivity index (χ3v) is 5.35. The van der Waals surface area contributed by atoms with Crippen LogP contribution >= 0.6 is 0 Å². The number of aromatic amines is 1. The fourth-order valence-corrected chi connectivity index (χ4v) is 3.63. The molecule has 156 valence electrons. The Labute approximate surface area is 175 Å². The molecule has 1 saturated heterocycles. The second kappa shape index (κ2) is 9.11. The molecule has 0 spiro atoms. The van der Waals surface area contributed by atoms with E-state index in [1.165, 1.54) is 0 Å². The van der Waals surface area contributed by atoms with Gasteiger partial charge < -0.3 is 19.5 Å². The summed E-state index contributed by atoms with van der Waals surface area (Å²) < 4.78 is 10.5. The first-order valence-corrected chi connectivity index (χ1v) is 9.97. The Balaban J connectivity index is 1.57. The molecule has 0 atom stereocenters. The number of nitrogens with zero attached hydrogens (tertiary/aromatic N) is 2. The minimum absolute atomic E-state index is 0.0152. The van der Waals surface area contributed by atoms with Gasteiger partial charge in [0.05, 0.1) is 38.3 Å². The highest BCUT2D eigenvalue weighted by atomic mass is 16.5. The van der Waals surface area contributed by atoms with Gasteiger partial charge in [-0.2, -0.15) is 5.10 Å². The van der Waals surface area contributed by atoms with Crippen molar-refractivity contribution in [2.24, 2.45) is 0 Å². The molecular weight excluding hydrogens is 382 g/mol. The molecule has 0 saturated carbocycles. The number of H-pyrrole nitrogens is 1. The highest BCUT2D eigenvalue weighted by Crippen LogP contribution is 2.27. The molecule has 0 aliphatic carbocycles. The summed E-state index contributed by atoms with van der Waals surface area (Å²) in [4.78, 5) is 14.5. The third kappa shape index (κ3) is 4.22. The number of ether oxygens (including phenoxy) is 2. The van der Waals surface area contributed by atoms with E-state index in [4.69, 9.17) is 9.47 Å². The summed E-state index contributed by atoms with van der Waals surface area (Å²) in [5, 5.41) is 17.1. The Morgan fingerprint density at radius 1 is 1.13 bits per heavy atom. The zero-order valence-corrected chi connectivity index (χ0v) is 16.9. The van der Waals surface area contributed by atoms with Crippen LogP contribution in [0.2, 0.25) is 0 Å². The van der Waals surface area contributed by atoms with E-state index in [2.05, 4.69) is 10.2 Å². The van der Waals surface area contributed by atoms with Crippen LogP contribution in [0.1, 0.15) is 27.2 Å². The molecule has 1 aliphatic rings. The van der Waals surface area contributed by atoms with E-state index in [9.17, 15) is 9.90 Å². The first-order valence-electron chi connectivity index (χ1n) is 9.97. The van der Waals surface area contributed by atoms with Gasteiger partial charge in [0.15, 0.2) is 0 Å². The lowest BCUT2D eigenvalue weighted by Crippen LogP contribution is -2.40. The number of carbonyl (C=O) groups is 1. The topological polar surface area (TPSA) is 87.7 Å². The van der Waals surface area contributed by atoms with Crippen LogP contribution in [0.4, 0.5) is 0 Å². The number of hydrogen-bond acceptors (Lipinski definition) is 5. The molecule has 7 nitrogen and oxygen atoms in total. The molecular formula is C23H25N3O4. The number of methoxy groups -OCH3 is 1. The number of rotatable bonds is 6. The maximum atomic E-state index is 12.7. The van der Waals surface area contributed by atoms with Crippen molar-refractivity contribution in [3.63, 3.8) is 0 Å². The minimum Gasteiger partial charge on any atom is -0.497 e. The van der Waals surface area contributed by atoms with Crippen LogP contribution in [0.3, 0.4) is 0 Å². The zero-order valence-electron chi connectivity index (χ0n) is 16.9. The number of amides is 1. The number of benzene rings is 2. The molecule has 2 heterocycles. The minimum atomic E-state index is -0.119. The summed E-state index contributed by atoms with van der Waals surface area (Å²) in [6, 6.07) is 15.3. The average Bonchev–Trinajstić information content (AvgIpc) is 3.22. The quantitative estimate of drug-likeness (QED) is 0.656. The van der Waals surface area contributed by atoms with Crippen molar-refractivity contribution in [1.82, 2.24) is 15.1 Å². The fraction of sp³-hybridized carbons (Fsp3) is 0.304. The SMILES string of the molecule is COc1ccc(Cc2c(-c3ccc(C(=O)N4CCOCC4)cc3)n[nH]c2CO)cc1. The smallest absolute Gasteiger partial charge is 0.254 e. The molecule has 1 amide bonds. The monoisotopic (exact) mass is 407 g/mol. The number of aliphatic hydroxyl groups is 1. The van der Waals surface area contributed by atoms with E-state index < -0.39 is 0 Å². The number of carbonyl (C=O) groups excluding carboxylic acids is 1. The molecule has 30 heavy (non-hydrogen) atoms. The summed E-state index contributed by atoms with van der Waals surface area (Å²) in [6.45, 7) is 2.27. The van der Waals surface area contributed by atoms with Gasteiger partial charge in [-0.3, -0.25) is 9.89 Å². The van der Waals surface area contributed by atoms with Gasteiger partial charge in [-0.1, -0.05) is 24.3 Å². The van der Waals surface area contributed by atoms with E-state index in [-0.39, 0.29) is 12.5 Å². The van der Waals surface area contributed by atoms with Gasteiger partial charge in [-0.25, -0.2) is 0 Å². The first kappa shape index (κ1) is 20.1. The Bertz CT molecular complexity index is 990. The molecule has 4 rings (SSSR count). The summed E-state index contributed by atoms with van der Waals surface area (Å²) in [7, 11) is 1.64. The van der Waals surface area contributed by atoms with E-state index >= 15 is 0 Å². The van der Waals surface area contributed by atoms with Gasteiger partial charge in [0.2, 0.25) is 0 Å². The number of morpholine rings is 1. The number of hydrogen-bond donors (Lipinski definition) is 2. The Kier molecular flexibility index (Phi) is 6.11. The summed E-state index contributed by atoms with van der Waals surface area (Å²) >= 11 is 0. The number of aliphatic hydroxyl groups excluding tert-OH is 1. The highest BCUT2D eigenvalue weighted by molar-refractivity contribution is 5.94. The van der Waals surface area contributed by atoms with Crippen molar-refractivity contribution >= 4 is 5.91 Å².